The van der Waals surface area contributed by atoms with E-state index in [0.717, 1.165) is 0 Å². The van der Waals surface area contributed by atoms with E-state index in [-0.39, 0.29) is 24.3 Å². The lowest BCUT2D eigenvalue weighted by atomic mass is 9.51. The van der Waals surface area contributed by atoms with Crippen molar-refractivity contribution in [3.63, 3.8) is 0 Å². The molecule has 0 aromatic heterocycles. The zero-order chi connectivity index (χ0) is 20.6. The molecule has 3 rings (SSSR count). The zero-order valence-corrected chi connectivity index (χ0v) is 18.4. The highest BCUT2D eigenvalue weighted by Gasteiger charge is 2.88. The Kier molecular flexibility index (Phi) is 4.71. The Balaban J connectivity index is 2.16. The molecule has 1 saturated heterocycles. The second-order valence-electron chi connectivity index (χ2n) is 10.1. The third-order valence-corrected chi connectivity index (χ3v) is 12.1. The van der Waals surface area contributed by atoms with E-state index >= 15 is 0 Å². The van der Waals surface area contributed by atoms with E-state index in [4.69, 9.17) is 13.9 Å². The van der Waals surface area contributed by atoms with Gasteiger partial charge >= 0.3 is 5.97 Å². The van der Waals surface area contributed by atoms with Crippen molar-refractivity contribution >= 4 is 14.3 Å². The van der Waals surface area contributed by atoms with Gasteiger partial charge in [0.15, 0.2) is 13.7 Å². The van der Waals surface area contributed by atoms with Gasteiger partial charge in [-0.3, -0.25) is 4.79 Å². The molecular formula is C19H34O7Si. The van der Waals surface area contributed by atoms with Crippen LogP contribution in [-0.2, 0) is 18.7 Å². The first-order valence-electron chi connectivity index (χ1n) is 9.71. The summed E-state index contributed by atoms with van der Waals surface area (Å²) in [6.07, 6.45) is -2.84. The molecule has 27 heavy (non-hydrogen) atoms. The summed E-state index contributed by atoms with van der Waals surface area (Å²) >= 11 is 0. The summed E-state index contributed by atoms with van der Waals surface area (Å²) < 4.78 is 17.6. The molecule has 7 unspecified atom stereocenters. The Labute approximate surface area is 162 Å². The Morgan fingerprint density at radius 1 is 1.26 bits per heavy atom. The molecule has 1 heterocycles. The second kappa shape index (κ2) is 6.00. The standard InChI is InChI=1S/C19H34O7Si/c1-16(2,3)27(6,7)26-13-10-11(20)14-19(25-14)17(4,23)9-8-12(21)18(13,19)15(22)24-5/h11-14,20-21,23H,8-10H2,1-7H3. The van der Waals surface area contributed by atoms with Gasteiger partial charge in [0.25, 0.3) is 0 Å². The summed E-state index contributed by atoms with van der Waals surface area (Å²) in [6, 6.07) is 0. The minimum absolute atomic E-state index is 0.133. The van der Waals surface area contributed by atoms with E-state index in [1.165, 1.54) is 7.11 Å². The van der Waals surface area contributed by atoms with Crippen LogP contribution in [0.5, 0.6) is 0 Å². The molecule has 8 heteroatoms. The van der Waals surface area contributed by atoms with Gasteiger partial charge in [0.05, 0.1) is 31.0 Å². The van der Waals surface area contributed by atoms with Gasteiger partial charge in [-0.2, -0.15) is 0 Å². The van der Waals surface area contributed by atoms with Crippen LogP contribution >= 0.6 is 0 Å². The van der Waals surface area contributed by atoms with Crippen molar-refractivity contribution in [3.8, 4) is 0 Å². The Morgan fingerprint density at radius 2 is 1.85 bits per heavy atom. The molecule has 3 aliphatic rings. The molecule has 7 atom stereocenters. The number of methoxy groups -OCH3 is 1. The van der Waals surface area contributed by atoms with Gasteiger partial charge in [0, 0.05) is 6.42 Å². The normalized spacial score (nSPS) is 47.0. The molecule has 2 aliphatic carbocycles. The first-order chi connectivity index (χ1) is 12.2. The maximum absolute atomic E-state index is 13.2. The smallest absolute Gasteiger partial charge is 0.320 e. The molecular weight excluding hydrogens is 368 g/mol. The van der Waals surface area contributed by atoms with Crippen LogP contribution in [0.4, 0.5) is 0 Å². The first kappa shape index (κ1) is 21.2. The van der Waals surface area contributed by atoms with Crippen LogP contribution < -0.4 is 0 Å². The number of carbonyl (C=O) groups is 1. The summed E-state index contributed by atoms with van der Waals surface area (Å²) in [6.45, 7) is 12.0. The fraction of sp³-hybridized carbons (Fsp3) is 0.947. The molecule has 156 valence electrons. The van der Waals surface area contributed by atoms with E-state index in [9.17, 15) is 20.1 Å². The van der Waals surface area contributed by atoms with Gasteiger partial charge in [-0.1, -0.05) is 20.8 Å². The predicted octanol–water partition coefficient (Wildman–Crippen LogP) is 1.34. The Morgan fingerprint density at radius 3 is 2.37 bits per heavy atom. The van der Waals surface area contributed by atoms with E-state index in [1.54, 1.807) is 6.92 Å². The van der Waals surface area contributed by atoms with Crippen LogP contribution in [0.3, 0.4) is 0 Å². The molecule has 2 saturated carbocycles. The number of hydrogen-bond donors (Lipinski definition) is 3. The van der Waals surface area contributed by atoms with Gasteiger partial charge in [0.1, 0.15) is 11.7 Å². The molecule has 0 aromatic rings. The molecule has 7 nitrogen and oxygen atoms in total. The first-order valence-corrected chi connectivity index (χ1v) is 12.6. The van der Waals surface area contributed by atoms with Gasteiger partial charge in [-0.05, 0) is 37.9 Å². The summed E-state index contributed by atoms with van der Waals surface area (Å²) in [4.78, 5) is 13.2. The van der Waals surface area contributed by atoms with Crippen molar-refractivity contribution in [3.05, 3.63) is 0 Å². The lowest BCUT2D eigenvalue weighted by molar-refractivity contribution is -0.229. The highest BCUT2D eigenvalue weighted by atomic mass is 28.4. The third-order valence-electron chi connectivity index (χ3n) is 7.58. The van der Waals surface area contributed by atoms with Crippen molar-refractivity contribution in [1.29, 1.82) is 0 Å². The quantitative estimate of drug-likeness (QED) is 0.371. The number of esters is 1. The number of hydrogen-bond acceptors (Lipinski definition) is 7. The Bertz CT molecular complexity index is 628. The highest BCUT2D eigenvalue weighted by Crippen LogP contribution is 2.69. The summed E-state index contributed by atoms with van der Waals surface area (Å²) in [5, 5.41) is 32.8. The maximum atomic E-state index is 13.2. The number of aliphatic hydroxyl groups is 3. The van der Waals surface area contributed by atoms with Crippen LogP contribution in [0, 0.1) is 5.41 Å². The van der Waals surface area contributed by atoms with Gasteiger partial charge in [0.2, 0.25) is 0 Å². The minimum Gasteiger partial charge on any atom is -0.468 e. The lowest BCUT2D eigenvalue weighted by Crippen LogP contribution is -2.75. The molecule has 1 aliphatic heterocycles. The predicted molar refractivity (Wildman–Crippen MR) is 101 cm³/mol. The van der Waals surface area contributed by atoms with E-state index in [1.807, 2.05) is 0 Å². The number of epoxide rings is 1. The van der Waals surface area contributed by atoms with Crippen molar-refractivity contribution in [1.82, 2.24) is 0 Å². The zero-order valence-electron chi connectivity index (χ0n) is 17.4. The molecule has 3 fully saturated rings. The highest BCUT2D eigenvalue weighted by molar-refractivity contribution is 6.74. The van der Waals surface area contributed by atoms with Crippen LogP contribution in [-0.4, -0.2) is 72.3 Å². The topological polar surface area (TPSA) is 109 Å². The maximum Gasteiger partial charge on any atom is 0.320 e. The van der Waals surface area contributed by atoms with Crippen LogP contribution in [0.1, 0.15) is 47.0 Å². The fourth-order valence-electron chi connectivity index (χ4n) is 5.05. The third kappa shape index (κ3) is 2.53. The van der Waals surface area contributed by atoms with Crippen molar-refractivity contribution in [2.24, 2.45) is 5.41 Å². The minimum atomic E-state index is -2.36. The number of aliphatic hydroxyl groups excluding tert-OH is 2. The van der Waals surface area contributed by atoms with Gasteiger partial charge < -0.3 is 29.2 Å². The number of carbonyl (C=O) groups excluding carboxylic acids is 1. The molecule has 1 spiro atoms. The molecule has 0 bridgehead atoms. The second-order valence-corrected chi connectivity index (χ2v) is 14.9. The molecule has 0 aromatic carbocycles. The average molecular weight is 403 g/mol. The van der Waals surface area contributed by atoms with Gasteiger partial charge in [-0.15, -0.1) is 0 Å². The van der Waals surface area contributed by atoms with E-state index in [2.05, 4.69) is 33.9 Å². The van der Waals surface area contributed by atoms with Crippen molar-refractivity contribution in [2.45, 2.75) is 101 Å². The number of rotatable bonds is 3. The summed E-state index contributed by atoms with van der Waals surface area (Å²) in [5.41, 5.74) is -4.36. The van der Waals surface area contributed by atoms with E-state index in [0.29, 0.717) is 0 Å². The SMILES string of the molecule is COC(=O)C12C(O)CCC(C)(O)C13OC3C(O)CC2O[Si](C)(C)C(C)(C)C. The number of ether oxygens (including phenoxy) is 2. The average Bonchev–Trinajstić information content (AvgIpc) is 3.28. The van der Waals surface area contributed by atoms with Crippen molar-refractivity contribution in [2.75, 3.05) is 7.11 Å². The van der Waals surface area contributed by atoms with E-state index < -0.39 is 55.3 Å². The monoisotopic (exact) mass is 402 g/mol. The summed E-state index contributed by atoms with van der Waals surface area (Å²) in [7, 11) is -1.09. The lowest BCUT2D eigenvalue weighted by Gasteiger charge is -2.57. The fourth-order valence-corrected chi connectivity index (χ4v) is 6.40. The largest absolute Gasteiger partial charge is 0.468 e. The Hall–Kier alpha value is -0.513. The molecule has 0 radical (unpaired) electrons. The summed E-state index contributed by atoms with van der Waals surface area (Å²) in [5.74, 6) is -0.645. The van der Waals surface area contributed by atoms with Crippen LogP contribution in [0.25, 0.3) is 0 Å². The molecule has 3 N–H and O–H groups in total. The molecule has 0 amide bonds. The van der Waals surface area contributed by atoms with Crippen molar-refractivity contribution < 1.29 is 34.0 Å². The van der Waals surface area contributed by atoms with Crippen LogP contribution in [0.15, 0.2) is 0 Å². The van der Waals surface area contributed by atoms with Gasteiger partial charge in [-0.25, -0.2) is 0 Å². The van der Waals surface area contributed by atoms with Crippen LogP contribution in [0.2, 0.25) is 18.1 Å².